The molecule has 1 aromatic carbocycles. The van der Waals surface area contributed by atoms with E-state index >= 15 is 0 Å². The lowest BCUT2D eigenvalue weighted by Crippen LogP contribution is -2.66. The summed E-state index contributed by atoms with van der Waals surface area (Å²) in [4.78, 5) is 11.8. The fourth-order valence-electron chi connectivity index (χ4n) is 1.80. The number of rotatable bonds is 2. The number of nitrogen functional groups attached to an aromatic ring is 1. The van der Waals surface area contributed by atoms with Gasteiger partial charge in [0.15, 0.2) is 4.75 Å². The standard InChI is InChI=1S/C11H13BrN2O3S/c1-11(2)10(15)14(18(11,16)17)6-7-8(12)4-3-5-9(7)13/h3-5H,6,13H2,1-2H3. The molecule has 98 valence electrons. The quantitative estimate of drug-likeness (QED) is 0.832. The third-order valence-electron chi connectivity index (χ3n) is 3.13. The van der Waals surface area contributed by atoms with Gasteiger partial charge in [0.2, 0.25) is 0 Å². The van der Waals surface area contributed by atoms with Crippen LogP contribution in [0, 0.1) is 0 Å². The number of sulfonamides is 1. The summed E-state index contributed by atoms with van der Waals surface area (Å²) in [5.74, 6) is -0.405. The lowest BCUT2D eigenvalue weighted by Gasteiger charge is -2.43. The van der Waals surface area contributed by atoms with E-state index in [9.17, 15) is 13.2 Å². The fraction of sp³-hybridized carbons (Fsp3) is 0.364. The number of halogens is 1. The highest BCUT2D eigenvalue weighted by Gasteiger charge is 2.60. The van der Waals surface area contributed by atoms with Crippen LogP contribution in [-0.4, -0.2) is 23.4 Å². The molecule has 2 rings (SSSR count). The van der Waals surface area contributed by atoms with Gasteiger partial charge in [0.05, 0.1) is 6.54 Å². The van der Waals surface area contributed by atoms with E-state index in [1.54, 1.807) is 18.2 Å². The number of carbonyl (C=O) groups excluding carboxylic acids is 1. The average Bonchev–Trinajstić information content (AvgIpc) is 2.27. The molecule has 0 bridgehead atoms. The van der Waals surface area contributed by atoms with E-state index in [4.69, 9.17) is 5.73 Å². The summed E-state index contributed by atoms with van der Waals surface area (Å²) in [6.45, 7) is 2.78. The summed E-state index contributed by atoms with van der Waals surface area (Å²) in [7, 11) is -3.57. The van der Waals surface area contributed by atoms with Gasteiger partial charge in [-0.3, -0.25) is 4.79 Å². The number of nitrogens with zero attached hydrogens (tertiary/aromatic N) is 1. The lowest BCUT2D eigenvalue weighted by molar-refractivity contribution is -0.132. The maximum absolute atomic E-state index is 12.0. The van der Waals surface area contributed by atoms with Crippen LogP contribution in [0.1, 0.15) is 19.4 Å². The first-order chi connectivity index (χ1) is 8.19. The minimum absolute atomic E-state index is 0.0299. The number of amides is 1. The maximum atomic E-state index is 12.0. The van der Waals surface area contributed by atoms with Gasteiger partial charge < -0.3 is 5.73 Å². The summed E-state index contributed by atoms with van der Waals surface area (Å²) in [6, 6.07) is 5.18. The molecule has 5 nitrogen and oxygen atoms in total. The molecule has 2 N–H and O–H groups in total. The molecule has 1 amide bonds. The first kappa shape index (κ1) is 13.4. The van der Waals surface area contributed by atoms with E-state index in [1.165, 1.54) is 13.8 Å². The van der Waals surface area contributed by atoms with Crippen LogP contribution in [-0.2, 0) is 21.4 Å². The minimum atomic E-state index is -3.57. The first-order valence-corrected chi connectivity index (χ1v) is 7.52. The van der Waals surface area contributed by atoms with E-state index in [-0.39, 0.29) is 6.54 Å². The zero-order valence-corrected chi connectivity index (χ0v) is 12.4. The van der Waals surface area contributed by atoms with Crippen LogP contribution in [0.15, 0.2) is 22.7 Å². The van der Waals surface area contributed by atoms with Crippen LogP contribution in [0.5, 0.6) is 0 Å². The summed E-state index contributed by atoms with van der Waals surface area (Å²) in [5, 5.41) is 0. The molecule has 0 spiro atoms. The normalized spacial score (nSPS) is 20.6. The lowest BCUT2D eigenvalue weighted by atomic mass is 10.1. The molecule has 0 aliphatic carbocycles. The molecule has 7 heteroatoms. The van der Waals surface area contributed by atoms with Crippen molar-refractivity contribution in [1.82, 2.24) is 4.31 Å². The highest BCUT2D eigenvalue weighted by Crippen LogP contribution is 2.37. The molecule has 1 saturated heterocycles. The first-order valence-electron chi connectivity index (χ1n) is 5.29. The Morgan fingerprint density at radius 1 is 1.39 bits per heavy atom. The van der Waals surface area contributed by atoms with Gasteiger partial charge in [0.1, 0.15) is 0 Å². The number of anilines is 1. The zero-order valence-electron chi connectivity index (χ0n) is 9.97. The number of benzene rings is 1. The van der Waals surface area contributed by atoms with Crippen molar-refractivity contribution in [2.75, 3.05) is 5.73 Å². The minimum Gasteiger partial charge on any atom is -0.398 e. The maximum Gasteiger partial charge on any atom is 0.259 e. The molecule has 1 aliphatic rings. The number of hydrogen-bond donors (Lipinski definition) is 1. The second-order valence-corrected chi connectivity index (χ2v) is 7.90. The van der Waals surface area contributed by atoms with Crippen LogP contribution in [0.2, 0.25) is 0 Å². The molecule has 1 fully saturated rings. The smallest absolute Gasteiger partial charge is 0.259 e. The fourth-order valence-corrected chi connectivity index (χ4v) is 3.80. The zero-order chi connectivity index (χ0) is 13.7. The average molecular weight is 333 g/mol. The summed E-state index contributed by atoms with van der Waals surface area (Å²) >= 11 is 3.30. The van der Waals surface area contributed by atoms with E-state index < -0.39 is 20.7 Å². The van der Waals surface area contributed by atoms with Gasteiger partial charge in [-0.05, 0) is 26.0 Å². The molecule has 0 radical (unpaired) electrons. The molecular formula is C11H13BrN2O3S. The number of hydrogen-bond acceptors (Lipinski definition) is 4. The van der Waals surface area contributed by atoms with E-state index in [0.29, 0.717) is 15.7 Å². The summed E-state index contributed by atoms with van der Waals surface area (Å²) in [5.41, 5.74) is 6.84. The Labute approximate surface area is 114 Å². The monoisotopic (exact) mass is 332 g/mol. The van der Waals surface area contributed by atoms with Crippen molar-refractivity contribution in [3.63, 3.8) is 0 Å². The molecule has 18 heavy (non-hydrogen) atoms. The Hall–Kier alpha value is -1.08. The Morgan fingerprint density at radius 2 is 2.00 bits per heavy atom. The molecule has 0 saturated carbocycles. The summed E-state index contributed by atoms with van der Waals surface area (Å²) in [6.07, 6.45) is 0. The van der Waals surface area contributed by atoms with Crippen molar-refractivity contribution in [2.24, 2.45) is 0 Å². The predicted octanol–water partition coefficient (Wildman–Crippen LogP) is 1.48. The Bertz CT molecular complexity index is 605. The van der Waals surface area contributed by atoms with Gasteiger partial charge in [-0.1, -0.05) is 22.0 Å². The predicted molar refractivity (Wildman–Crippen MR) is 72.1 cm³/mol. The van der Waals surface area contributed by atoms with Crippen molar-refractivity contribution >= 4 is 37.5 Å². The Morgan fingerprint density at radius 3 is 2.50 bits per heavy atom. The van der Waals surface area contributed by atoms with Crippen molar-refractivity contribution in [2.45, 2.75) is 25.1 Å². The van der Waals surface area contributed by atoms with Gasteiger partial charge >= 0.3 is 0 Å². The van der Waals surface area contributed by atoms with Crippen LogP contribution in [0.4, 0.5) is 5.69 Å². The van der Waals surface area contributed by atoms with Crippen molar-refractivity contribution in [3.8, 4) is 0 Å². The molecular weight excluding hydrogens is 320 g/mol. The molecule has 0 aromatic heterocycles. The Kier molecular flexibility index (Phi) is 2.94. The number of nitrogens with two attached hydrogens (primary N) is 1. The van der Waals surface area contributed by atoms with Gasteiger partial charge in [-0.25, -0.2) is 12.7 Å². The van der Waals surface area contributed by atoms with Crippen molar-refractivity contribution in [1.29, 1.82) is 0 Å². The Balaban J connectivity index is 2.36. The largest absolute Gasteiger partial charge is 0.398 e. The topological polar surface area (TPSA) is 80.5 Å². The second kappa shape index (κ2) is 3.96. The molecule has 1 aliphatic heterocycles. The van der Waals surface area contributed by atoms with Crippen LogP contribution in [0.3, 0.4) is 0 Å². The molecule has 1 aromatic rings. The van der Waals surface area contributed by atoms with Gasteiger partial charge in [0, 0.05) is 15.7 Å². The number of carbonyl (C=O) groups is 1. The van der Waals surface area contributed by atoms with Gasteiger partial charge in [-0.15, -0.1) is 0 Å². The SMILES string of the molecule is CC1(C)C(=O)N(Cc2c(N)cccc2Br)S1(=O)=O. The van der Waals surface area contributed by atoms with Crippen molar-refractivity contribution < 1.29 is 13.2 Å². The van der Waals surface area contributed by atoms with Crippen LogP contribution >= 0.6 is 15.9 Å². The van der Waals surface area contributed by atoms with E-state index in [0.717, 1.165) is 4.31 Å². The van der Waals surface area contributed by atoms with E-state index in [1.807, 2.05) is 0 Å². The highest BCUT2D eigenvalue weighted by atomic mass is 79.9. The van der Waals surface area contributed by atoms with Gasteiger partial charge in [-0.2, -0.15) is 0 Å². The third-order valence-corrected chi connectivity index (χ3v) is 6.22. The van der Waals surface area contributed by atoms with Crippen LogP contribution < -0.4 is 5.73 Å². The van der Waals surface area contributed by atoms with Crippen molar-refractivity contribution in [3.05, 3.63) is 28.2 Å². The molecule has 1 heterocycles. The van der Waals surface area contributed by atoms with E-state index in [2.05, 4.69) is 15.9 Å². The highest BCUT2D eigenvalue weighted by molar-refractivity contribution is 9.10. The van der Waals surface area contributed by atoms with Crippen LogP contribution in [0.25, 0.3) is 0 Å². The third kappa shape index (κ3) is 1.65. The molecule has 0 unspecified atom stereocenters. The second-order valence-electron chi connectivity index (χ2n) is 4.63. The van der Waals surface area contributed by atoms with Gasteiger partial charge in [0.25, 0.3) is 15.9 Å². The molecule has 0 atom stereocenters. The summed E-state index contributed by atoms with van der Waals surface area (Å²) < 4.78 is 24.1.